The standard InChI is InChI=1S/C18H27BrO2/c1-12-10-15(20-4)16(21-5)11-13(12)17(19)14-8-6-7-9-18(14,2)3/h10-11,14,17H,6-9H2,1-5H3. The molecule has 0 bridgehead atoms. The van der Waals surface area contributed by atoms with Crippen LogP contribution >= 0.6 is 15.9 Å². The zero-order chi connectivity index (χ0) is 15.6. The van der Waals surface area contributed by atoms with E-state index in [0.29, 0.717) is 16.2 Å². The van der Waals surface area contributed by atoms with Gasteiger partial charge in [-0.1, -0.05) is 42.6 Å². The molecule has 0 radical (unpaired) electrons. The summed E-state index contributed by atoms with van der Waals surface area (Å²) in [6.45, 7) is 6.96. The predicted octanol–water partition coefficient (Wildman–Crippen LogP) is 5.66. The smallest absolute Gasteiger partial charge is 0.161 e. The van der Waals surface area contributed by atoms with E-state index in [4.69, 9.17) is 9.47 Å². The maximum atomic E-state index is 5.48. The fourth-order valence-electron chi connectivity index (χ4n) is 3.57. The number of halogens is 1. The van der Waals surface area contributed by atoms with E-state index < -0.39 is 0 Å². The normalized spacial score (nSPS) is 22.7. The van der Waals surface area contributed by atoms with Gasteiger partial charge in [-0.15, -0.1) is 0 Å². The van der Waals surface area contributed by atoms with Crippen molar-refractivity contribution in [2.75, 3.05) is 14.2 Å². The van der Waals surface area contributed by atoms with Crippen molar-refractivity contribution in [2.24, 2.45) is 11.3 Å². The molecule has 1 aliphatic carbocycles. The van der Waals surface area contributed by atoms with Crippen molar-refractivity contribution in [1.29, 1.82) is 0 Å². The number of benzene rings is 1. The summed E-state index contributed by atoms with van der Waals surface area (Å²) in [7, 11) is 3.39. The SMILES string of the molecule is COc1cc(C)c(C(Br)C2CCCCC2(C)C)cc1OC. The lowest BCUT2D eigenvalue weighted by atomic mass is 9.66. The lowest BCUT2D eigenvalue weighted by molar-refractivity contribution is 0.136. The summed E-state index contributed by atoms with van der Waals surface area (Å²) < 4.78 is 10.9. The van der Waals surface area contributed by atoms with Crippen LogP contribution in [0, 0.1) is 18.3 Å². The molecule has 1 saturated carbocycles. The first-order valence-corrected chi connectivity index (χ1v) is 8.69. The van der Waals surface area contributed by atoms with Gasteiger partial charge in [0.2, 0.25) is 0 Å². The van der Waals surface area contributed by atoms with Crippen LogP contribution in [0.2, 0.25) is 0 Å². The Morgan fingerprint density at radius 1 is 1.14 bits per heavy atom. The molecule has 2 rings (SSSR count). The minimum absolute atomic E-state index is 0.368. The Morgan fingerprint density at radius 2 is 1.76 bits per heavy atom. The number of alkyl halides is 1. The van der Waals surface area contributed by atoms with E-state index in [0.717, 1.165) is 11.5 Å². The highest BCUT2D eigenvalue weighted by molar-refractivity contribution is 9.09. The Labute approximate surface area is 137 Å². The Hall–Kier alpha value is -0.700. The molecule has 21 heavy (non-hydrogen) atoms. The predicted molar refractivity (Wildman–Crippen MR) is 91.7 cm³/mol. The van der Waals surface area contributed by atoms with Gasteiger partial charge in [0.15, 0.2) is 11.5 Å². The molecule has 1 aromatic rings. The Bertz CT molecular complexity index is 496. The van der Waals surface area contributed by atoms with Crippen LogP contribution < -0.4 is 9.47 Å². The van der Waals surface area contributed by atoms with Crippen LogP contribution in [0.25, 0.3) is 0 Å². The minimum Gasteiger partial charge on any atom is -0.493 e. The van der Waals surface area contributed by atoms with E-state index >= 15 is 0 Å². The molecule has 1 aromatic carbocycles. The summed E-state index contributed by atoms with van der Waals surface area (Å²) in [6.07, 6.45) is 5.29. The average Bonchev–Trinajstić information content (AvgIpc) is 2.45. The molecule has 0 saturated heterocycles. The third-order valence-electron chi connectivity index (χ3n) is 5.01. The molecule has 3 heteroatoms. The molecule has 0 aliphatic heterocycles. The highest BCUT2D eigenvalue weighted by atomic mass is 79.9. The average molecular weight is 355 g/mol. The lowest BCUT2D eigenvalue weighted by Crippen LogP contribution is -2.31. The minimum atomic E-state index is 0.368. The molecule has 0 amide bonds. The van der Waals surface area contributed by atoms with Crippen molar-refractivity contribution in [2.45, 2.75) is 51.3 Å². The highest BCUT2D eigenvalue weighted by Gasteiger charge is 2.37. The molecular weight excluding hydrogens is 328 g/mol. The summed E-state index contributed by atoms with van der Waals surface area (Å²) in [4.78, 5) is 0.368. The van der Waals surface area contributed by atoms with E-state index in [1.54, 1.807) is 14.2 Å². The van der Waals surface area contributed by atoms with Gasteiger partial charge in [-0.25, -0.2) is 0 Å². The number of hydrogen-bond donors (Lipinski definition) is 0. The van der Waals surface area contributed by atoms with Gasteiger partial charge in [0, 0.05) is 4.83 Å². The van der Waals surface area contributed by atoms with Crippen molar-refractivity contribution < 1.29 is 9.47 Å². The number of hydrogen-bond acceptors (Lipinski definition) is 2. The second kappa shape index (κ2) is 6.60. The Morgan fingerprint density at radius 3 is 2.33 bits per heavy atom. The molecule has 2 unspecified atom stereocenters. The summed E-state index contributed by atoms with van der Waals surface area (Å²) >= 11 is 3.99. The van der Waals surface area contributed by atoms with Crippen molar-refractivity contribution >= 4 is 15.9 Å². The summed E-state index contributed by atoms with van der Waals surface area (Å²) in [6, 6.07) is 4.22. The molecule has 0 heterocycles. The third-order valence-corrected chi connectivity index (χ3v) is 6.14. The van der Waals surface area contributed by atoms with Gasteiger partial charge < -0.3 is 9.47 Å². The molecule has 1 aliphatic rings. The van der Waals surface area contributed by atoms with E-state index in [1.165, 1.54) is 36.8 Å². The van der Waals surface area contributed by atoms with Crippen LogP contribution in [0.3, 0.4) is 0 Å². The zero-order valence-corrected chi connectivity index (χ0v) is 15.4. The van der Waals surface area contributed by atoms with Crippen LogP contribution in [-0.4, -0.2) is 14.2 Å². The maximum absolute atomic E-state index is 5.48. The van der Waals surface area contributed by atoms with Crippen molar-refractivity contribution in [3.05, 3.63) is 23.3 Å². The molecule has 0 N–H and O–H groups in total. The molecule has 0 aromatic heterocycles. The van der Waals surface area contributed by atoms with E-state index in [-0.39, 0.29) is 0 Å². The summed E-state index contributed by atoms with van der Waals surface area (Å²) in [5.74, 6) is 2.28. The summed E-state index contributed by atoms with van der Waals surface area (Å²) in [5, 5.41) is 0. The molecule has 1 fully saturated rings. The number of methoxy groups -OCH3 is 2. The van der Waals surface area contributed by atoms with Gasteiger partial charge in [-0.2, -0.15) is 0 Å². The van der Waals surface area contributed by atoms with Crippen LogP contribution in [0.1, 0.15) is 55.5 Å². The van der Waals surface area contributed by atoms with Gasteiger partial charge >= 0.3 is 0 Å². The van der Waals surface area contributed by atoms with Crippen LogP contribution in [-0.2, 0) is 0 Å². The lowest BCUT2D eigenvalue weighted by Gasteiger charge is -2.42. The van der Waals surface area contributed by atoms with Gasteiger partial charge in [0.1, 0.15) is 0 Å². The highest BCUT2D eigenvalue weighted by Crippen LogP contribution is 2.51. The quantitative estimate of drug-likeness (QED) is 0.649. The Kier molecular flexibility index (Phi) is 5.24. The second-order valence-electron chi connectivity index (χ2n) is 6.81. The summed E-state index contributed by atoms with van der Waals surface area (Å²) in [5.41, 5.74) is 2.97. The fraction of sp³-hybridized carbons (Fsp3) is 0.667. The largest absolute Gasteiger partial charge is 0.493 e. The van der Waals surface area contributed by atoms with Gasteiger partial charge in [0.25, 0.3) is 0 Å². The second-order valence-corrected chi connectivity index (χ2v) is 7.79. The maximum Gasteiger partial charge on any atom is 0.161 e. The molecular formula is C18H27BrO2. The first-order chi connectivity index (χ1) is 9.90. The third kappa shape index (κ3) is 3.39. The molecule has 0 spiro atoms. The van der Waals surface area contributed by atoms with Gasteiger partial charge in [0.05, 0.1) is 14.2 Å². The van der Waals surface area contributed by atoms with Crippen LogP contribution in [0.15, 0.2) is 12.1 Å². The van der Waals surface area contributed by atoms with Crippen molar-refractivity contribution in [3.63, 3.8) is 0 Å². The van der Waals surface area contributed by atoms with Crippen LogP contribution in [0.4, 0.5) is 0 Å². The number of rotatable bonds is 4. The molecule has 2 nitrogen and oxygen atoms in total. The molecule has 118 valence electrons. The van der Waals surface area contributed by atoms with Gasteiger partial charge in [-0.3, -0.25) is 0 Å². The first kappa shape index (κ1) is 16.7. The van der Waals surface area contributed by atoms with Crippen LogP contribution in [0.5, 0.6) is 11.5 Å². The Balaban J connectivity index is 2.36. The monoisotopic (exact) mass is 354 g/mol. The number of aryl methyl sites for hydroxylation is 1. The van der Waals surface area contributed by atoms with E-state index in [1.807, 2.05) is 0 Å². The number of ether oxygens (including phenoxy) is 2. The molecule has 2 atom stereocenters. The topological polar surface area (TPSA) is 18.5 Å². The van der Waals surface area contributed by atoms with E-state index in [2.05, 4.69) is 48.8 Å². The van der Waals surface area contributed by atoms with Crippen molar-refractivity contribution in [1.82, 2.24) is 0 Å². The van der Waals surface area contributed by atoms with Crippen molar-refractivity contribution in [3.8, 4) is 11.5 Å². The zero-order valence-electron chi connectivity index (χ0n) is 13.8. The van der Waals surface area contributed by atoms with E-state index in [9.17, 15) is 0 Å². The first-order valence-electron chi connectivity index (χ1n) is 7.77. The fourth-order valence-corrected chi connectivity index (χ4v) is 5.05. The van der Waals surface area contributed by atoms with Gasteiger partial charge in [-0.05, 0) is 54.4 Å².